The van der Waals surface area contributed by atoms with Gasteiger partial charge in [0.15, 0.2) is 18.9 Å². The zero-order valence-electron chi connectivity index (χ0n) is 31.2. The predicted octanol–water partition coefficient (Wildman–Crippen LogP) is -8.57. The van der Waals surface area contributed by atoms with Crippen LogP contribution in [0.15, 0.2) is 0 Å². The van der Waals surface area contributed by atoms with Gasteiger partial charge in [-0.05, 0) is 6.92 Å². The highest BCUT2D eigenvalue weighted by Gasteiger charge is 2.60. The van der Waals surface area contributed by atoms with Crippen molar-refractivity contribution < 1.29 is 114 Å². The number of hydrogen-bond donors (Lipinski definition) is 14. The van der Waals surface area contributed by atoms with Crippen LogP contribution < -0.4 is 10.6 Å². The van der Waals surface area contributed by atoms with Crippen molar-refractivity contribution >= 4 is 17.8 Å². The summed E-state index contributed by atoms with van der Waals surface area (Å²) in [6.07, 6.45) is -33.9. The Bertz CT molecular complexity index is 1350. The number of aliphatic carboxylic acids is 1. The van der Waals surface area contributed by atoms with E-state index < -0.39 is 172 Å². The number of hydrogen-bond acceptors (Lipinski definition) is 22. The van der Waals surface area contributed by atoms with Crippen molar-refractivity contribution in [3.05, 3.63) is 0 Å². The molecular formula is C32H54N2O23. The van der Waals surface area contributed by atoms with E-state index in [1.165, 1.54) is 14.0 Å². The van der Waals surface area contributed by atoms with Crippen molar-refractivity contribution in [1.29, 1.82) is 0 Å². The summed E-state index contributed by atoms with van der Waals surface area (Å²) in [7, 11) is 1.18. The Kier molecular flexibility index (Phi) is 16.4. The first-order valence-corrected chi connectivity index (χ1v) is 18.0. The van der Waals surface area contributed by atoms with Crippen LogP contribution in [0.25, 0.3) is 0 Å². The number of aliphatic hydroxyl groups is 11. The molecule has 14 N–H and O–H groups in total. The summed E-state index contributed by atoms with van der Waals surface area (Å²) in [5, 5.41) is 132. The SMILES string of the molecule is COC1OC(CO)C(OC2OC(CO)C(O)C(OC3(C(=O)O)CC(O)C(NC(C)=O)C([C@H](O)[C@H](O)CO)O3)C2O)C(OC2OC(C)C(O)C(O)C2O)C1NC(C)=O. The molecule has 4 heterocycles. The molecule has 0 radical (unpaired) electrons. The average Bonchev–Trinajstić information content (AvgIpc) is 3.16. The summed E-state index contributed by atoms with van der Waals surface area (Å²) >= 11 is 0. The summed E-state index contributed by atoms with van der Waals surface area (Å²) in [4.78, 5) is 37.2. The minimum atomic E-state index is -3.10. The Hall–Kier alpha value is -2.35. The van der Waals surface area contributed by atoms with Gasteiger partial charge in [0, 0.05) is 27.4 Å². The largest absolute Gasteiger partial charge is 0.477 e. The molecule has 0 aromatic carbocycles. The lowest BCUT2D eigenvalue weighted by atomic mass is 9.88. The molecule has 0 aromatic rings. The standard InChI is InChI=1S/C32H54N2O23/c1-9-18(42)21(45)22(46)29(51-9)55-26-17(34-11(3)39)28(50-4)53-15(8-37)24(26)54-30-23(47)27(20(44)14(7-36)52-30)57-32(31(48)49)5-12(40)16(33-10(2)38)25(56-32)19(43)13(41)6-35/h9,12-30,35-37,40-47H,5-8H2,1-4H3,(H,33,38)(H,34,39)(H,48,49)/t9?,12?,13-,14?,15?,16?,17?,18?,19-,20?,21?,22?,23?,24?,25?,26?,27?,28?,29?,30?,32?/m1/s1. The van der Waals surface area contributed by atoms with E-state index in [2.05, 4.69) is 10.6 Å². The summed E-state index contributed by atoms with van der Waals surface area (Å²) in [6, 6.07) is -2.98. The normalized spacial score (nSPS) is 45.1. The van der Waals surface area contributed by atoms with Crippen molar-refractivity contribution in [1.82, 2.24) is 10.6 Å². The molecule has 4 saturated heterocycles. The molecule has 4 aliphatic rings. The average molecular weight is 835 g/mol. The summed E-state index contributed by atoms with van der Waals surface area (Å²) in [6.45, 7) is 0.506. The van der Waals surface area contributed by atoms with Crippen molar-refractivity contribution in [2.75, 3.05) is 26.9 Å². The van der Waals surface area contributed by atoms with Gasteiger partial charge in [0.25, 0.3) is 5.79 Å². The van der Waals surface area contributed by atoms with Gasteiger partial charge < -0.3 is 110 Å². The van der Waals surface area contributed by atoms with E-state index in [1.54, 1.807) is 0 Å². The molecule has 2 amide bonds. The zero-order chi connectivity index (χ0) is 42.7. The second kappa shape index (κ2) is 19.8. The third-order valence-corrected chi connectivity index (χ3v) is 10.2. The van der Waals surface area contributed by atoms with Gasteiger partial charge in [-0.1, -0.05) is 0 Å². The Morgan fingerprint density at radius 3 is 1.84 bits per heavy atom. The quantitative estimate of drug-likeness (QED) is 0.0728. The fourth-order valence-corrected chi connectivity index (χ4v) is 7.18. The molecule has 0 saturated carbocycles. The zero-order valence-corrected chi connectivity index (χ0v) is 31.2. The first-order valence-electron chi connectivity index (χ1n) is 18.0. The fraction of sp³-hybridized carbons (Fsp3) is 0.906. The molecule has 19 unspecified atom stereocenters. The lowest BCUT2D eigenvalue weighted by molar-refractivity contribution is -0.390. The van der Waals surface area contributed by atoms with E-state index >= 15 is 0 Å². The van der Waals surface area contributed by atoms with Crippen LogP contribution >= 0.6 is 0 Å². The van der Waals surface area contributed by atoms with Crippen LogP contribution in [-0.4, -0.2) is 234 Å². The Balaban J connectivity index is 1.72. The van der Waals surface area contributed by atoms with Gasteiger partial charge in [0.1, 0.15) is 85.4 Å². The highest BCUT2D eigenvalue weighted by molar-refractivity contribution is 5.76. The van der Waals surface area contributed by atoms with Gasteiger partial charge in [0.05, 0.1) is 38.1 Å². The molecule has 4 fully saturated rings. The molecule has 0 aromatic heterocycles. The number of methoxy groups -OCH3 is 1. The van der Waals surface area contributed by atoms with Crippen molar-refractivity contribution in [3.8, 4) is 0 Å². The highest BCUT2D eigenvalue weighted by atomic mass is 16.8. The van der Waals surface area contributed by atoms with Gasteiger partial charge in [-0.25, -0.2) is 4.79 Å². The molecule has 0 spiro atoms. The number of carbonyl (C=O) groups excluding carboxylic acids is 2. The van der Waals surface area contributed by atoms with E-state index in [1.807, 2.05) is 0 Å². The maximum Gasteiger partial charge on any atom is 0.364 e. The number of rotatable bonds is 15. The van der Waals surface area contributed by atoms with Crippen LogP contribution in [0.5, 0.6) is 0 Å². The minimum absolute atomic E-state index is 0.676. The van der Waals surface area contributed by atoms with Gasteiger partial charge in [-0.3, -0.25) is 9.59 Å². The van der Waals surface area contributed by atoms with Crippen LogP contribution in [0.1, 0.15) is 27.2 Å². The van der Waals surface area contributed by atoms with E-state index in [4.69, 9.17) is 37.9 Å². The lowest BCUT2D eigenvalue weighted by Gasteiger charge is -2.51. The van der Waals surface area contributed by atoms with Crippen LogP contribution in [-0.2, 0) is 52.3 Å². The van der Waals surface area contributed by atoms with E-state index in [-0.39, 0.29) is 0 Å². The number of aliphatic hydroxyl groups excluding tert-OH is 11. The van der Waals surface area contributed by atoms with Crippen molar-refractivity contribution in [2.24, 2.45) is 0 Å². The molecule has 21 atom stereocenters. The number of ether oxygens (including phenoxy) is 8. The molecule has 0 bridgehead atoms. The molecule has 4 rings (SSSR count). The third kappa shape index (κ3) is 10.2. The van der Waals surface area contributed by atoms with E-state index in [0.717, 1.165) is 13.8 Å². The maximum atomic E-state index is 12.9. The van der Waals surface area contributed by atoms with Crippen molar-refractivity contribution in [3.63, 3.8) is 0 Å². The van der Waals surface area contributed by atoms with E-state index in [9.17, 15) is 75.7 Å². The first kappa shape index (κ1) is 47.3. The monoisotopic (exact) mass is 834 g/mol. The smallest absolute Gasteiger partial charge is 0.364 e. The van der Waals surface area contributed by atoms with Crippen LogP contribution in [0.2, 0.25) is 0 Å². The Labute approximate surface area is 324 Å². The van der Waals surface area contributed by atoms with Gasteiger partial charge in [-0.2, -0.15) is 0 Å². The summed E-state index contributed by atoms with van der Waals surface area (Å²) < 4.78 is 45.8. The number of carbonyl (C=O) groups is 3. The lowest BCUT2D eigenvalue weighted by Crippen LogP contribution is -2.71. The molecule has 4 aliphatic heterocycles. The van der Waals surface area contributed by atoms with Gasteiger partial charge >= 0.3 is 5.97 Å². The number of nitrogens with one attached hydrogen (secondary N) is 2. The van der Waals surface area contributed by atoms with Crippen LogP contribution in [0, 0.1) is 0 Å². The number of carboxylic acid groups (broad SMARTS) is 1. The molecule has 330 valence electrons. The summed E-state index contributed by atoms with van der Waals surface area (Å²) in [5.41, 5.74) is 0. The minimum Gasteiger partial charge on any atom is -0.477 e. The molecular weight excluding hydrogens is 780 g/mol. The molecule has 25 nitrogen and oxygen atoms in total. The van der Waals surface area contributed by atoms with Crippen LogP contribution in [0.3, 0.4) is 0 Å². The Morgan fingerprint density at radius 2 is 1.30 bits per heavy atom. The Morgan fingerprint density at radius 1 is 0.737 bits per heavy atom. The highest BCUT2D eigenvalue weighted by Crippen LogP contribution is 2.39. The van der Waals surface area contributed by atoms with Gasteiger partial charge in [-0.15, -0.1) is 0 Å². The second-order valence-electron chi connectivity index (χ2n) is 14.2. The predicted molar refractivity (Wildman–Crippen MR) is 178 cm³/mol. The van der Waals surface area contributed by atoms with Gasteiger partial charge in [0.2, 0.25) is 11.8 Å². The molecule has 25 heteroatoms. The molecule has 0 aliphatic carbocycles. The summed E-state index contributed by atoms with van der Waals surface area (Å²) in [5.74, 6) is -6.56. The van der Waals surface area contributed by atoms with Crippen LogP contribution in [0.4, 0.5) is 0 Å². The molecule has 57 heavy (non-hydrogen) atoms. The van der Waals surface area contributed by atoms with E-state index in [0.29, 0.717) is 0 Å². The van der Waals surface area contributed by atoms with Crippen molar-refractivity contribution in [2.45, 2.75) is 155 Å². The third-order valence-electron chi connectivity index (χ3n) is 10.2. The topological polar surface area (TPSA) is 392 Å². The number of amides is 2. The second-order valence-corrected chi connectivity index (χ2v) is 14.2. The fourth-order valence-electron chi connectivity index (χ4n) is 7.18. The number of carboxylic acids is 1. The first-order chi connectivity index (χ1) is 26.7. The maximum absolute atomic E-state index is 12.9.